The van der Waals surface area contributed by atoms with Gasteiger partial charge in [0.2, 0.25) is 0 Å². The number of rotatable bonds is 4. The fraction of sp³-hybridized carbons (Fsp3) is 0. The molecule has 0 fully saturated rings. The zero-order chi connectivity index (χ0) is 37.9. The zero-order valence-electron chi connectivity index (χ0n) is 30.9. The number of benzene rings is 9. The van der Waals surface area contributed by atoms with Gasteiger partial charge in [-0.15, -0.1) is 0 Å². The van der Waals surface area contributed by atoms with E-state index < -0.39 is 0 Å². The van der Waals surface area contributed by atoms with Crippen LogP contribution >= 0.6 is 0 Å². The highest BCUT2D eigenvalue weighted by molar-refractivity contribution is 6.22. The molecule has 0 aliphatic heterocycles. The van der Waals surface area contributed by atoms with Gasteiger partial charge in [0.05, 0.1) is 0 Å². The average Bonchev–Trinajstić information content (AvgIpc) is 3.97. The van der Waals surface area contributed by atoms with Gasteiger partial charge < -0.3 is 8.83 Å². The molecule has 1 aliphatic carbocycles. The van der Waals surface area contributed by atoms with E-state index in [0.717, 1.165) is 82.5 Å². The molecule has 3 heterocycles. The van der Waals surface area contributed by atoms with Gasteiger partial charge in [0.1, 0.15) is 22.3 Å². The summed E-state index contributed by atoms with van der Waals surface area (Å²) in [7, 11) is 0. The van der Waals surface area contributed by atoms with Crippen LogP contribution in [0.5, 0.6) is 0 Å². The lowest BCUT2D eigenvalue weighted by molar-refractivity contribution is 0.669. The van der Waals surface area contributed by atoms with Gasteiger partial charge in [-0.05, 0) is 91.8 Å². The van der Waals surface area contributed by atoms with E-state index in [-0.39, 0.29) is 0 Å². The van der Waals surface area contributed by atoms with E-state index >= 15 is 0 Å². The van der Waals surface area contributed by atoms with Crippen LogP contribution in [0.4, 0.5) is 0 Å². The Labute approximate surface area is 331 Å². The number of hydrogen-bond donors (Lipinski definition) is 0. The fourth-order valence-electron chi connectivity index (χ4n) is 9.22. The second-order valence-corrected chi connectivity index (χ2v) is 15.1. The summed E-state index contributed by atoms with van der Waals surface area (Å²) in [5, 5.41) is 8.85. The third kappa shape index (κ3) is 4.50. The van der Waals surface area contributed by atoms with Crippen LogP contribution in [0.15, 0.2) is 185 Å². The molecule has 9 aromatic carbocycles. The lowest BCUT2D eigenvalue weighted by atomic mass is 9.92. The lowest BCUT2D eigenvalue weighted by Gasteiger charge is -2.13. The Kier molecular flexibility index (Phi) is 6.38. The monoisotopic (exact) mass is 739 g/mol. The number of aromatic nitrogens is 3. The second kappa shape index (κ2) is 11.8. The highest BCUT2D eigenvalue weighted by Crippen LogP contribution is 2.51. The molecule has 0 saturated carbocycles. The van der Waals surface area contributed by atoms with Crippen molar-refractivity contribution in [1.29, 1.82) is 0 Å². The van der Waals surface area contributed by atoms with E-state index in [1.54, 1.807) is 0 Å². The van der Waals surface area contributed by atoms with Gasteiger partial charge in [-0.3, -0.25) is 0 Å². The van der Waals surface area contributed by atoms with Crippen molar-refractivity contribution >= 4 is 65.4 Å². The van der Waals surface area contributed by atoms with Gasteiger partial charge in [0.25, 0.3) is 0 Å². The highest BCUT2D eigenvalue weighted by Gasteiger charge is 2.25. The molecule has 5 nitrogen and oxygen atoms in total. The molecular weight excluding hydrogens is 711 g/mol. The predicted molar refractivity (Wildman–Crippen MR) is 236 cm³/mol. The molecule has 0 atom stereocenters. The summed E-state index contributed by atoms with van der Waals surface area (Å²) in [6.45, 7) is 0. The molecule has 0 N–H and O–H groups in total. The molecule has 5 heteroatoms. The molecule has 3 aromatic heterocycles. The van der Waals surface area contributed by atoms with Gasteiger partial charge in [-0.2, -0.15) is 0 Å². The van der Waals surface area contributed by atoms with Gasteiger partial charge in [0.15, 0.2) is 17.5 Å². The largest absolute Gasteiger partial charge is 0.456 e. The predicted octanol–water partition coefficient (Wildman–Crippen LogP) is 14.3. The van der Waals surface area contributed by atoms with Crippen LogP contribution in [0.25, 0.3) is 133 Å². The van der Waals surface area contributed by atoms with E-state index in [2.05, 4.69) is 140 Å². The maximum Gasteiger partial charge on any atom is 0.164 e. The molecular formula is C53H29N3O2. The maximum absolute atomic E-state index is 6.86. The van der Waals surface area contributed by atoms with E-state index in [1.165, 1.54) is 33.0 Å². The van der Waals surface area contributed by atoms with Crippen LogP contribution in [-0.4, -0.2) is 15.0 Å². The second-order valence-electron chi connectivity index (χ2n) is 15.1. The molecule has 0 amide bonds. The van der Waals surface area contributed by atoms with Crippen molar-refractivity contribution in [1.82, 2.24) is 15.0 Å². The molecule has 0 radical (unpaired) electrons. The van der Waals surface area contributed by atoms with Crippen LogP contribution in [0.2, 0.25) is 0 Å². The van der Waals surface area contributed by atoms with Gasteiger partial charge in [-0.1, -0.05) is 133 Å². The van der Waals surface area contributed by atoms with E-state index in [4.69, 9.17) is 23.8 Å². The third-order valence-corrected chi connectivity index (χ3v) is 11.9. The molecule has 0 saturated heterocycles. The summed E-state index contributed by atoms with van der Waals surface area (Å²) >= 11 is 0. The van der Waals surface area contributed by atoms with Crippen molar-refractivity contribution in [3.63, 3.8) is 0 Å². The van der Waals surface area contributed by atoms with Gasteiger partial charge in [0, 0.05) is 43.8 Å². The summed E-state index contributed by atoms with van der Waals surface area (Å²) in [6.07, 6.45) is 0. The van der Waals surface area contributed by atoms with Crippen LogP contribution < -0.4 is 0 Å². The summed E-state index contributed by atoms with van der Waals surface area (Å²) < 4.78 is 13.2. The molecule has 0 spiro atoms. The quantitative estimate of drug-likeness (QED) is 0.180. The van der Waals surface area contributed by atoms with Gasteiger partial charge >= 0.3 is 0 Å². The number of fused-ring (bicyclic) bond motifs is 10. The first-order chi connectivity index (χ1) is 28.7. The Morgan fingerprint density at radius 2 is 0.862 bits per heavy atom. The fourth-order valence-corrected chi connectivity index (χ4v) is 9.22. The van der Waals surface area contributed by atoms with Crippen LogP contribution in [0.3, 0.4) is 0 Å². The van der Waals surface area contributed by atoms with Crippen molar-refractivity contribution < 1.29 is 8.83 Å². The Morgan fingerprint density at radius 3 is 1.71 bits per heavy atom. The first-order valence-corrected chi connectivity index (χ1v) is 19.5. The van der Waals surface area contributed by atoms with E-state index in [0.29, 0.717) is 17.5 Å². The average molecular weight is 740 g/mol. The number of para-hydroxylation sites is 2. The van der Waals surface area contributed by atoms with Crippen LogP contribution in [0, 0.1) is 0 Å². The normalized spacial score (nSPS) is 12.1. The minimum absolute atomic E-state index is 0.563. The molecule has 0 unspecified atom stereocenters. The minimum atomic E-state index is 0.563. The minimum Gasteiger partial charge on any atom is -0.456 e. The summed E-state index contributed by atoms with van der Waals surface area (Å²) in [5.41, 5.74) is 13.1. The molecule has 268 valence electrons. The molecule has 58 heavy (non-hydrogen) atoms. The Hall–Kier alpha value is -7.89. The summed E-state index contributed by atoms with van der Waals surface area (Å²) in [6, 6.07) is 61.5. The van der Waals surface area contributed by atoms with Crippen molar-refractivity contribution in [2.45, 2.75) is 0 Å². The van der Waals surface area contributed by atoms with Gasteiger partial charge in [-0.25, -0.2) is 15.0 Å². The maximum atomic E-state index is 6.86. The smallest absolute Gasteiger partial charge is 0.164 e. The first-order valence-electron chi connectivity index (χ1n) is 19.5. The van der Waals surface area contributed by atoms with E-state index in [9.17, 15) is 0 Å². The SMILES string of the molecule is c1ccc2c(c1)-c1cccc3c(-c4ccc(-c5nc(-c6ccc7ccccc7c6)nc(-c6ccc7c(c6)oc6ccccc67)n5)c5c4oc4ccccc45)ccc-2c13. The number of nitrogens with zero attached hydrogens (tertiary/aromatic N) is 3. The van der Waals surface area contributed by atoms with Crippen LogP contribution in [0.1, 0.15) is 0 Å². The van der Waals surface area contributed by atoms with Crippen LogP contribution in [-0.2, 0) is 0 Å². The summed E-state index contributed by atoms with van der Waals surface area (Å²) in [4.78, 5) is 15.7. The highest BCUT2D eigenvalue weighted by atomic mass is 16.3. The van der Waals surface area contributed by atoms with Crippen molar-refractivity contribution in [3.8, 4) is 67.5 Å². The first kappa shape index (κ1) is 31.3. The molecule has 1 aliphatic rings. The Bertz CT molecular complexity index is 3680. The number of furan rings is 2. The van der Waals surface area contributed by atoms with Crippen molar-refractivity contribution in [2.75, 3.05) is 0 Å². The third-order valence-electron chi connectivity index (χ3n) is 11.9. The topological polar surface area (TPSA) is 65.0 Å². The van der Waals surface area contributed by atoms with Crippen molar-refractivity contribution in [2.24, 2.45) is 0 Å². The standard InChI is InChI=1S/C53H29N3O2/c1-2-11-31-28-32(21-20-30(31)10-1)51-54-52(33-22-23-38-37-14-5-7-18-45(37)57-47(38)29-33)56-53(55-51)44-27-26-42(50-49(44)43-15-6-8-19-46(43)58-50)36-24-25-41-35-13-4-3-12-34(35)39-16-9-17-40(36)48(39)41/h1-29H. The molecule has 12 aromatic rings. The molecule has 0 bridgehead atoms. The number of hydrogen-bond acceptors (Lipinski definition) is 5. The summed E-state index contributed by atoms with van der Waals surface area (Å²) in [5.74, 6) is 1.72. The Morgan fingerprint density at radius 1 is 0.293 bits per heavy atom. The Balaban J connectivity index is 1.06. The lowest BCUT2D eigenvalue weighted by Crippen LogP contribution is -2.00. The zero-order valence-corrected chi connectivity index (χ0v) is 30.9. The van der Waals surface area contributed by atoms with E-state index in [1.807, 2.05) is 36.4 Å². The van der Waals surface area contributed by atoms with Crippen molar-refractivity contribution in [3.05, 3.63) is 176 Å². The molecule has 13 rings (SSSR count).